The number of fused-ring (bicyclic) bond motifs is 8. The van der Waals surface area contributed by atoms with Crippen LogP contribution in [0.15, 0.2) is 217 Å². The molecule has 0 bridgehead atoms. The normalized spacial score (nSPS) is 11.7. The monoisotopic (exact) mass is 753 g/mol. The molecule has 10 aromatic carbocycles. The quantitative estimate of drug-likeness (QED) is 0.170. The summed E-state index contributed by atoms with van der Waals surface area (Å²) in [5, 5.41) is 9.35. The molecule has 0 atom stereocenters. The minimum Gasteiger partial charge on any atom is -0.434 e. The number of anilines is 3. The summed E-state index contributed by atoms with van der Waals surface area (Å²) in [4.78, 5) is 7.56. The highest BCUT2D eigenvalue weighted by atomic mass is 16.3. The number of para-hydroxylation sites is 3. The van der Waals surface area contributed by atoms with Crippen LogP contribution in [0.5, 0.6) is 0 Å². The molecule has 0 saturated carbocycles. The van der Waals surface area contributed by atoms with Crippen LogP contribution in [-0.2, 0) is 0 Å². The first-order chi connectivity index (χ1) is 29.3. The fourth-order valence-electron chi connectivity index (χ4n) is 9.07. The van der Waals surface area contributed by atoms with Crippen LogP contribution in [0, 0.1) is 0 Å². The average Bonchev–Trinajstić information content (AvgIpc) is 3.90. The molecule has 2 heterocycles. The van der Waals surface area contributed by atoms with Crippen molar-refractivity contribution in [3.05, 3.63) is 212 Å². The van der Waals surface area contributed by atoms with Crippen LogP contribution in [0.4, 0.5) is 17.1 Å². The van der Waals surface area contributed by atoms with E-state index < -0.39 is 0 Å². The lowest BCUT2D eigenvalue weighted by Crippen LogP contribution is -2.11. The van der Waals surface area contributed by atoms with Crippen LogP contribution in [0.1, 0.15) is 0 Å². The van der Waals surface area contributed by atoms with Crippen molar-refractivity contribution in [3.8, 4) is 28.3 Å². The maximum Gasteiger partial charge on any atom is 0.228 e. The Hall–Kier alpha value is -7.95. The molecule has 0 aliphatic carbocycles. The summed E-state index contributed by atoms with van der Waals surface area (Å²) in [5.41, 5.74) is 11.2. The Kier molecular flexibility index (Phi) is 7.50. The molecule has 0 unspecified atom stereocenters. The van der Waals surface area contributed by atoms with Gasteiger partial charge in [-0.05, 0) is 98.7 Å². The van der Waals surface area contributed by atoms with Gasteiger partial charge in [0.25, 0.3) is 0 Å². The van der Waals surface area contributed by atoms with Crippen LogP contribution < -0.4 is 4.90 Å². The van der Waals surface area contributed by atoms with E-state index in [-0.39, 0.29) is 0 Å². The molecule has 0 amide bonds. The summed E-state index contributed by atoms with van der Waals surface area (Å²) in [6.07, 6.45) is 0. The summed E-state index contributed by atoms with van der Waals surface area (Å²) >= 11 is 0. The Morgan fingerprint density at radius 2 is 1.12 bits per heavy atom. The molecule has 12 rings (SSSR count). The van der Waals surface area contributed by atoms with Crippen molar-refractivity contribution in [1.29, 1.82) is 0 Å². The fraction of sp³-hybridized carbons (Fsp3) is 0. The van der Waals surface area contributed by atoms with Crippen molar-refractivity contribution in [1.82, 2.24) is 9.55 Å². The smallest absolute Gasteiger partial charge is 0.228 e. The van der Waals surface area contributed by atoms with E-state index in [9.17, 15) is 0 Å². The molecule has 0 aliphatic heterocycles. The van der Waals surface area contributed by atoms with Gasteiger partial charge >= 0.3 is 0 Å². The van der Waals surface area contributed by atoms with Gasteiger partial charge in [0.2, 0.25) is 5.89 Å². The second-order valence-corrected chi connectivity index (χ2v) is 15.1. The lowest BCUT2D eigenvalue weighted by atomic mass is 9.99. The number of benzene rings is 10. The third-order valence-electron chi connectivity index (χ3n) is 11.7. The summed E-state index contributed by atoms with van der Waals surface area (Å²) in [7, 11) is 0. The van der Waals surface area contributed by atoms with Crippen molar-refractivity contribution in [2.45, 2.75) is 0 Å². The highest BCUT2D eigenvalue weighted by Gasteiger charge is 2.26. The second-order valence-electron chi connectivity index (χ2n) is 15.1. The summed E-state index contributed by atoms with van der Waals surface area (Å²) in [6, 6.07) is 75.8. The number of aromatic nitrogens is 2. The molecular weight excluding hydrogens is 719 g/mol. The molecule has 0 N–H and O–H groups in total. The second kappa shape index (κ2) is 13.3. The molecule has 4 heteroatoms. The molecule has 12 aromatic rings. The predicted octanol–water partition coefficient (Wildman–Crippen LogP) is 15.2. The summed E-state index contributed by atoms with van der Waals surface area (Å²) in [6.45, 7) is 0. The highest BCUT2D eigenvalue weighted by molar-refractivity contribution is 6.25. The minimum absolute atomic E-state index is 0.596. The zero-order valence-corrected chi connectivity index (χ0v) is 32.0. The van der Waals surface area contributed by atoms with Crippen molar-refractivity contribution in [2.75, 3.05) is 4.90 Å². The third-order valence-corrected chi connectivity index (χ3v) is 11.7. The van der Waals surface area contributed by atoms with E-state index in [0.717, 1.165) is 83.1 Å². The van der Waals surface area contributed by atoms with Gasteiger partial charge in [0.1, 0.15) is 5.52 Å². The van der Waals surface area contributed by atoms with Gasteiger partial charge in [-0.1, -0.05) is 152 Å². The fourth-order valence-corrected chi connectivity index (χ4v) is 9.07. The van der Waals surface area contributed by atoms with Crippen LogP contribution >= 0.6 is 0 Å². The Morgan fingerprint density at radius 1 is 0.441 bits per heavy atom. The SMILES string of the molecule is c1ccc(-n2c3ccccc3c3c(N(c4cccc(-c5ccc6ccccc6c5)c4)c4cccc5nc(-c6cccc7ccccc67)oc45)cc4ccccc4c32)cc1. The van der Waals surface area contributed by atoms with Crippen LogP contribution in [-0.4, -0.2) is 9.55 Å². The highest BCUT2D eigenvalue weighted by Crippen LogP contribution is 2.49. The van der Waals surface area contributed by atoms with Gasteiger partial charge in [-0.3, -0.25) is 0 Å². The maximum atomic E-state index is 6.98. The molecule has 0 spiro atoms. The van der Waals surface area contributed by atoms with Crippen molar-refractivity contribution < 1.29 is 4.42 Å². The van der Waals surface area contributed by atoms with E-state index in [1.165, 1.54) is 21.5 Å². The first kappa shape index (κ1) is 33.2. The number of nitrogens with zero attached hydrogens (tertiary/aromatic N) is 3. The van der Waals surface area contributed by atoms with Crippen molar-refractivity contribution in [2.24, 2.45) is 0 Å². The lowest BCUT2D eigenvalue weighted by Gasteiger charge is -2.27. The van der Waals surface area contributed by atoms with Gasteiger partial charge in [-0.2, -0.15) is 0 Å². The average molecular weight is 754 g/mol. The molecule has 0 fully saturated rings. The van der Waals surface area contributed by atoms with Crippen LogP contribution in [0.2, 0.25) is 0 Å². The van der Waals surface area contributed by atoms with Crippen LogP contribution in [0.3, 0.4) is 0 Å². The Balaban J connectivity index is 1.18. The number of rotatable bonds is 6. The molecule has 59 heavy (non-hydrogen) atoms. The first-order valence-corrected chi connectivity index (χ1v) is 20.0. The van der Waals surface area contributed by atoms with Gasteiger partial charge in [0, 0.05) is 33.1 Å². The summed E-state index contributed by atoms with van der Waals surface area (Å²) < 4.78 is 9.41. The largest absolute Gasteiger partial charge is 0.434 e. The van der Waals surface area contributed by atoms with E-state index in [1.54, 1.807) is 0 Å². The van der Waals surface area contributed by atoms with Crippen LogP contribution in [0.25, 0.3) is 93.5 Å². The molecule has 4 nitrogen and oxygen atoms in total. The first-order valence-electron chi connectivity index (χ1n) is 20.0. The number of hydrogen-bond donors (Lipinski definition) is 0. The molecule has 0 aliphatic rings. The number of oxazole rings is 1. The molecule has 2 aromatic heterocycles. The van der Waals surface area contributed by atoms with Gasteiger partial charge in [-0.25, -0.2) is 4.98 Å². The van der Waals surface area contributed by atoms with Gasteiger partial charge in [0.05, 0.1) is 22.4 Å². The van der Waals surface area contributed by atoms with Crippen molar-refractivity contribution >= 4 is 82.3 Å². The van der Waals surface area contributed by atoms with E-state index in [1.807, 2.05) is 0 Å². The molecule has 0 saturated heterocycles. The third kappa shape index (κ3) is 5.34. The topological polar surface area (TPSA) is 34.2 Å². The molecular formula is C55H35N3O. The van der Waals surface area contributed by atoms with E-state index in [4.69, 9.17) is 9.40 Å². The van der Waals surface area contributed by atoms with Gasteiger partial charge in [-0.15, -0.1) is 0 Å². The van der Waals surface area contributed by atoms with Crippen molar-refractivity contribution in [3.63, 3.8) is 0 Å². The summed E-state index contributed by atoms with van der Waals surface area (Å²) in [5.74, 6) is 0.596. The molecule has 276 valence electrons. The predicted molar refractivity (Wildman–Crippen MR) is 246 cm³/mol. The maximum absolute atomic E-state index is 6.98. The standard InChI is InChI=1S/C55H35N3O/c1-2-21-42(22-3-1)58-49-29-11-10-26-47(49)52-51(35-41-18-7-9-25-45(41)53(52)58)57(43-23-12-20-39(34-43)40-32-31-36-15-4-5-17-38(36)33-40)50-30-14-28-48-54(50)59-55(56-48)46-27-13-19-37-16-6-8-24-44(37)46/h1-35H. The van der Waals surface area contributed by atoms with E-state index >= 15 is 0 Å². The Morgan fingerprint density at radius 3 is 2.00 bits per heavy atom. The number of hydrogen-bond acceptors (Lipinski definition) is 3. The molecule has 0 radical (unpaired) electrons. The van der Waals surface area contributed by atoms with Gasteiger partial charge < -0.3 is 13.9 Å². The Bertz CT molecular complexity index is 3570. The zero-order chi connectivity index (χ0) is 38.9. The zero-order valence-electron chi connectivity index (χ0n) is 32.0. The van der Waals surface area contributed by atoms with E-state index in [2.05, 4.69) is 222 Å². The minimum atomic E-state index is 0.596. The Labute approximate surface area is 340 Å². The van der Waals surface area contributed by atoms with Gasteiger partial charge in [0.15, 0.2) is 5.58 Å². The lowest BCUT2D eigenvalue weighted by molar-refractivity contribution is 0.621. The van der Waals surface area contributed by atoms with E-state index in [0.29, 0.717) is 5.89 Å².